The summed E-state index contributed by atoms with van der Waals surface area (Å²) < 4.78 is 15.9. The number of anilines is 1. The summed E-state index contributed by atoms with van der Waals surface area (Å²) in [5.74, 6) is 1.23. The van der Waals surface area contributed by atoms with Crippen molar-refractivity contribution in [2.24, 2.45) is 0 Å². The minimum absolute atomic E-state index is 0.155. The van der Waals surface area contributed by atoms with Crippen LogP contribution >= 0.6 is 11.3 Å². The molecule has 1 aromatic carbocycles. The molecular weight excluding hydrogens is 378 g/mol. The lowest BCUT2D eigenvalue weighted by molar-refractivity contribution is 0.0976. The number of hydrogen-bond donors (Lipinski definition) is 0. The summed E-state index contributed by atoms with van der Waals surface area (Å²) in [7, 11) is 4.82. The van der Waals surface area contributed by atoms with Crippen molar-refractivity contribution < 1.29 is 19.0 Å². The van der Waals surface area contributed by atoms with Crippen LogP contribution in [0.2, 0.25) is 0 Å². The summed E-state index contributed by atoms with van der Waals surface area (Å²) in [6.07, 6.45) is 3.19. The predicted octanol–water partition coefficient (Wildman–Crippen LogP) is 3.52. The zero-order valence-corrected chi connectivity index (χ0v) is 16.7. The van der Waals surface area contributed by atoms with Gasteiger partial charge in [0.2, 0.25) is 0 Å². The highest BCUT2D eigenvalue weighted by Crippen LogP contribution is 2.36. The minimum atomic E-state index is -0.155. The molecule has 0 bridgehead atoms. The fourth-order valence-electron chi connectivity index (χ4n) is 2.64. The third-order valence-electron chi connectivity index (χ3n) is 4.10. The quantitative estimate of drug-likeness (QED) is 0.577. The second-order valence-corrected chi connectivity index (χ2v) is 6.60. The van der Waals surface area contributed by atoms with Crippen LogP contribution in [0.4, 0.5) is 5.13 Å². The number of amides is 1. The lowest BCUT2D eigenvalue weighted by atomic mass is 10.1. The summed E-state index contributed by atoms with van der Waals surface area (Å²) in [5.41, 5.74) is 2.05. The van der Waals surface area contributed by atoms with Gasteiger partial charge in [0.05, 0.1) is 33.1 Å². The Morgan fingerprint density at radius 3 is 2.57 bits per heavy atom. The number of nitrogens with zero attached hydrogens (tertiary/aromatic N) is 3. The first-order valence-electron chi connectivity index (χ1n) is 8.56. The van der Waals surface area contributed by atoms with Crippen molar-refractivity contribution in [2.45, 2.75) is 0 Å². The number of aromatic nitrogens is 2. The number of carbonyl (C=O) groups excluding carboxylic acids is 1. The van der Waals surface area contributed by atoms with Crippen molar-refractivity contribution in [2.75, 3.05) is 39.4 Å². The first-order valence-corrected chi connectivity index (χ1v) is 9.44. The summed E-state index contributed by atoms with van der Waals surface area (Å²) in [6, 6.07) is 8.89. The van der Waals surface area contributed by atoms with E-state index in [1.165, 1.54) is 11.3 Å². The normalized spacial score (nSPS) is 10.5. The highest BCUT2D eigenvalue weighted by Gasteiger charge is 2.22. The van der Waals surface area contributed by atoms with Crippen LogP contribution < -0.4 is 14.4 Å². The van der Waals surface area contributed by atoms with Crippen molar-refractivity contribution in [3.63, 3.8) is 0 Å². The van der Waals surface area contributed by atoms with Crippen LogP contribution in [0.5, 0.6) is 11.5 Å². The maximum Gasteiger partial charge on any atom is 0.260 e. The van der Waals surface area contributed by atoms with Crippen LogP contribution in [0.3, 0.4) is 0 Å². The monoisotopic (exact) mass is 399 g/mol. The van der Waals surface area contributed by atoms with E-state index in [0.29, 0.717) is 41.0 Å². The number of carbonyl (C=O) groups is 1. The van der Waals surface area contributed by atoms with Gasteiger partial charge in [-0.1, -0.05) is 0 Å². The Balaban J connectivity index is 1.96. The number of pyridine rings is 1. The van der Waals surface area contributed by atoms with Crippen LogP contribution in [0, 0.1) is 0 Å². The first kappa shape index (κ1) is 19.8. The van der Waals surface area contributed by atoms with Gasteiger partial charge in [-0.25, -0.2) is 4.98 Å². The number of benzene rings is 1. The summed E-state index contributed by atoms with van der Waals surface area (Å²) in [6.45, 7) is 0.786. The largest absolute Gasteiger partial charge is 0.497 e. The lowest BCUT2D eigenvalue weighted by Gasteiger charge is -2.19. The Morgan fingerprint density at radius 1 is 1.11 bits per heavy atom. The molecule has 0 atom stereocenters. The van der Waals surface area contributed by atoms with Gasteiger partial charge in [-0.05, 0) is 30.3 Å². The van der Waals surface area contributed by atoms with Crippen LogP contribution in [0.15, 0.2) is 48.1 Å². The summed E-state index contributed by atoms with van der Waals surface area (Å²) >= 11 is 1.38. The van der Waals surface area contributed by atoms with E-state index in [1.807, 2.05) is 23.6 Å². The van der Waals surface area contributed by atoms with Crippen molar-refractivity contribution in [3.05, 3.63) is 53.7 Å². The molecule has 0 fully saturated rings. The molecule has 0 aliphatic rings. The second kappa shape index (κ2) is 9.29. The SMILES string of the molecule is COCCN(C(=O)c1ccncc1)c1nc(-c2cc(OC)ccc2OC)cs1. The molecule has 28 heavy (non-hydrogen) atoms. The Labute approximate surface area is 167 Å². The number of thiazole rings is 1. The second-order valence-electron chi connectivity index (χ2n) is 5.77. The van der Waals surface area contributed by atoms with E-state index in [2.05, 4.69) is 9.97 Å². The molecule has 3 aromatic rings. The van der Waals surface area contributed by atoms with E-state index in [9.17, 15) is 4.79 Å². The molecule has 1 amide bonds. The highest BCUT2D eigenvalue weighted by molar-refractivity contribution is 7.14. The molecule has 0 aliphatic carbocycles. The van der Waals surface area contributed by atoms with E-state index in [4.69, 9.17) is 14.2 Å². The third-order valence-corrected chi connectivity index (χ3v) is 4.96. The van der Waals surface area contributed by atoms with E-state index in [1.54, 1.807) is 50.8 Å². The van der Waals surface area contributed by atoms with Crippen molar-refractivity contribution in [1.29, 1.82) is 0 Å². The van der Waals surface area contributed by atoms with Gasteiger partial charge in [-0.3, -0.25) is 14.7 Å². The molecule has 8 heteroatoms. The molecule has 7 nitrogen and oxygen atoms in total. The van der Waals surface area contributed by atoms with Crippen LogP contribution in [0.1, 0.15) is 10.4 Å². The van der Waals surface area contributed by atoms with Gasteiger partial charge in [0, 0.05) is 36.0 Å². The zero-order chi connectivity index (χ0) is 19.9. The molecule has 0 unspecified atom stereocenters. The molecule has 0 radical (unpaired) electrons. The topological polar surface area (TPSA) is 73.8 Å². The van der Waals surface area contributed by atoms with Gasteiger partial charge in [0.1, 0.15) is 11.5 Å². The molecule has 146 valence electrons. The zero-order valence-electron chi connectivity index (χ0n) is 15.9. The molecule has 0 saturated heterocycles. The molecule has 0 N–H and O–H groups in total. The molecule has 3 rings (SSSR count). The Morgan fingerprint density at radius 2 is 1.89 bits per heavy atom. The standard InChI is InChI=1S/C20H21N3O4S/c1-25-11-10-23(19(24)14-6-8-21-9-7-14)20-22-17(13-28-20)16-12-15(26-2)4-5-18(16)27-3/h4-9,12-13H,10-11H2,1-3H3. The fraction of sp³-hybridized carbons (Fsp3) is 0.250. The third kappa shape index (κ3) is 4.29. The summed E-state index contributed by atoms with van der Waals surface area (Å²) in [4.78, 5) is 23.2. The minimum Gasteiger partial charge on any atom is -0.497 e. The fourth-order valence-corrected chi connectivity index (χ4v) is 3.49. The van der Waals surface area contributed by atoms with E-state index in [-0.39, 0.29) is 5.91 Å². The highest BCUT2D eigenvalue weighted by atomic mass is 32.1. The van der Waals surface area contributed by atoms with Gasteiger partial charge in [0.15, 0.2) is 5.13 Å². The Kier molecular flexibility index (Phi) is 6.57. The molecular formula is C20H21N3O4S. The Bertz CT molecular complexity index is 930. The van der Waals surface area contributed by atoms with Gasteiger partial charge in [-0.15, -0.1) is 11.3 Å². The summed E-state index contributed by atoms with van der Waals surface area (Å²) in [5, 5.41) is 2.48. The maximum atomic E-state index is 13.0. The van der Waals surface area contributed by atoms with Gasteiger partial charge < -0.3 is 14.2 Å². The van der Waals surface area contributed by atoms with Crippen molar-refractivity contribution >= 4 is 22.4 Å². The van der Waals surface area contributed by atoms with Gasteiger partial charge >= 0.3 is 0 Å². The molecule has 2 heterocycles. The molecule has 2 aromatic heterocycles. The first-order chi connectivity index (χ1) is 13.7. The lowest BCUT2D eigenvalue weighted by Crippen LogP contribution is -2.33. The Hall–Kier alpha value is -2.97. The predicted molar refractivity (Wildman–Crippen MR) is 108 cm³/mol. The number of rotatable bonds is 8. The van der Waals surface area contributed by atoms with E-state index in [0.717, 1.165) is 5.56 Å². The van der Waals surface area contributed by atoms with Crippen LogP contribution in [-0.4, -0.2) is 50.4 Å². The number of hydrogen-bond acceptors (Lipinski definition) is 7. The maximum absolute atomic E-state index is 13.0. The number of methoxy groups -OCH3 is 3. The average Bonchev–Trinajstić information content (AvgIpc) is 3.23. The number of ether oxygens (including phenoxy) is 3. The average molecular weight is 399 g/mol. The molecule has 0 aliphatic heterocycles. The van der Waals surface area contributed by atoms with Gasteiger partial charge in [-0.2, -0.15) is 0 Å². The molecule has 0 saturated carbocycles. The molecule has 0 spiro atoms. The van der Waals surface area contributed by atoms with Crippen LogP contribution in [-0.2, 0) is 4.74 Å². The van der Waals surface area contributed by atoms with E-state index >= 15 is 0 Å². The van der Waals surface area contributed by atoms with Crippen LogP contribution in [0.25, 0.3) is 11.3 Å². The van der Waals surface area contributed by atoms with E-state index < -0.39 is 0 Å². The van der Waals surface area contributed by atoms with Crippen molar-refractivity contribution in [1.82, 2.24) is 9.97 Å². The van der Waals surface area contributed by atoms with Crippen molar-refractivity contribution in [3.8, 4) is 22.8 Å². The van der Waals surface area contributed by atoms with Gasteiger partial charge in [0.25, 0.3) is 5.91 Å². The smallest absolute Gasteiger partial charge is 0.260 e.